The molecule has 1 aromatic rings. The van der Waals surface area contributed by atoms with Gasteiger partial charge in [-0.05, 0) is 59.2 Å². The van der Waals surface area contributed by atoms with Crippen molar-refractivity contribution >= 4 is 28.6 Å². The Morgan fingerprint density at radius 3 is 2.67 bits per heavy atom. The Kier molecular flexibility index (Phi) is 8.44. The number of rotatable bonds is 8. The summed E-state index contributed by atoms with van der Waals surface area (Å²) in [4.78, 5) is 4.10. The zero-order chi connectivity index (χ0) is 15.7. The number of ether oxygens (including phenoxy) is 1. The summed E-state index contributed by atoms with van der Waals surface area (Å²) in [5, 5.41) is 12.8. The minimum atomic E-state index is -0.672. The molecule has 1 unspecified atom stereocenters. The molecule has 1 aromatic carbocycles. The molecule has 0 aliphatic heterocycles. The van der Waals surface area contributed by atoms with Gasteiger partial charge in [0.15, 0.2) is 5.96 Å². The van der Waals surface area contributed by atoms with Crippen molar-refractivity contribution in [3.05, 3.63) is 27.8 Å². The number of aliphatic hydroxyl groups is 1. The molecule has 0 aromatic heterocycles. The smallest absolute Gasteiger partial charge is 0.188 e. The van der Waals surface area contributed by atoms with Crippen molar-refractivity contribution in [2.24, 2.45) is 16.6 Å². The van der Waals surface area contributed by atoms with Crippen molar-refractivity contribution in [3.63, 3.8) is 0 Å². The normalized spacial score (nSPS) is 13.3. The van der Waals surface area contributed by atoms with E-state index in [1.807, 2.05) is 24.3 Å². The van der Waals surface area contributed by atoms with Gasteiger partial charge in [0.2, 0.25) is 0 Å². The van der Waals surface area contributed by atoms with Crippen molar-refractivity contribution in [2.75, 3.05) is 19.7 Å². The van der Waals surface area contributed by atoms with Crippen LogP contribution < -0.4 is 15.8 Å². The van der Waals surface area contributed by atoms with E-state index in [-0.39, 0.29) is 13.2 Å². The van der Waals surface area contributed by atoms with Crippen molar-refractivity contribution in [2.45, 2.75) is 26.4 Å². The second-order valence-electron chi connectivity index (χ2n) is 5.25. The summed E-state index contributed by atoms with van der Waals surface area (Å²) in [6.07, 6.45) is 0.365. The number of benzene rings is 1. The predicted octanol–water partition coefficient (Wildman–Crippen LogP) is 1.98. The topological polar surface area (TPSA) is 79.9 Å². The number of nitrogens with two attached hydrogens (primary N) is 1. The fourth-order valence-corrected chi connectivity index (χ4v) is 1.88. The van der Waals surface area contributed by atoms with Crippen molar-refractivity contribution in [1.82, 2.24) is 5.32 Å². The Morgan fingerprint density at radius 2 is 2.05 bits per heavy atom. The summed E-state index contributed by atoms with van der Waals surface area (Å²) >= 11 is 2.23. The van der Waals surface area contributed by atoms with Crippen LogP contribution in [0.25, 0.3) is 0 Å². The first-order chi connectivity index (χ1) is 9.97. The van der Waals surface area contributed by atoms with Crippen LogP contribution in [-0.4, -0.2) is 36.9 Å². The van der Waals surface area contributed by atoms with Gasteiger partial charge in [-0.1, -0.05) is 13.8 Å². The molecule has 0 saturated heterocycles. The molecule has 0 bridgehead atoms. The summed E-state index contributed by atoms with van der Waals surface area (Å²) < 4.78 is 6.63. The van der Waals surface area contributed by atoms with Crippen LogP contribution in [0.15, 0.2) is 29.3 Å². The minimum absolute atomic E-state index is 0.198. The second-order valence-corrected chi connectivity index (χ2v) is 6.50. The molecule has 0 saturated carbocycles. The molecule has 0 aliphatic carbocycles. The molecule has 0 radical (unpaired) electrons. The Balaban J connectivity index is 2.23. The van der Waals surface area contributed by atoms with Crippen LogP contribution in [0.3, 0.4) is 0 Å². The molecule has 4 N–H and O–H groups in total. The van der Waals surface area contributed by atoms with Gasteiger partial charge in [0.05, 0.1) is 6.54 Å². The van der Waals surface area contributed by atoms with Gasteiger partial charge in [0, 0.05) is 10.1 Å². The third-order valence-corrected chi connectivity index (χ3v) is 3.48. The van der Waals surface area contributed by atoms with Crippen LogP contribution in [0.1, 0.15) is 20.3 Å². The molecule has 0 heterocycles. The number of aliphatic imine (C=N–C) groups is 1. The first-order valence-electron chi connectivity index (χ1n) is 7.07. The second kappa shape index (κ2) is 9.83. The van der Waals surface area contributed by atoms with E-state index in [4.69, 9.17) is 10.5 Å². The minimum Gasteiger partial charge on any atom is -0.491 e. The maximum atomic E-state index is 9.81. The van der Waals surface area contributed by atoms with Gasteiger partial charge in [0.1, 0.15) is 18.5 Å². The van der Waals surface area contributed by atoms with E-state index in [1.54, 1.807) is 0 Å². The first-order valence-corrected chi connectivity index (χ1v) is 8.15. The first kappa shape index (κ1) is 18.0. The molecule has 1 rings (SSSR count). The number of hydrogen-bond donors (Lipinski definition) is 3. The van der Waals surface area contributed by atoms with Crippen LogP contribution in [0.5, 0.6) is 5.75 Å². The molecule has 21 heavy (non-hydrogen) atoms. The number of nitrogens with one attached hydrogen (secondary N) is 1. The van der Waals surface area contributed by atoms with E-state index in [0.29, 0.717) is 11.9 Å². The summed E-state index contributed by atoms with van der Waals surface area (Å²) in [6.45, 7) is 5.53. The Hall–Kier alpha value is -1.02. The molecule has 6 heteroatoms. The fraction of sp³-hybridized carbons (Fsp3) is 0.533. The van der Waals surface area contributed by atoms with E-state index >= 15 is 0 Å². The summed E-state index contributed by atoms with van der Waals surface area (Å²) in [7, 11) is 0. The molecule has 0 aliphatic rings. The molecular weight excluding hydrogens is 381 g/mol. The number of guanidine groups is 1. The Bertz CT molecular complexity index is 435. The van der Waals surface area contributed by atoms with Crippen LogP contribution in [0, 0.1) is 9.49 Å². The average Bonchev–Trinajstić information content (AvgIpc) is 2.44. The summed E-state index contributed by atoms with van der Waals surface area (Å²) in [6, 6.07) is 7.66. The van der Waals surface area contributed by atoms with Gasteiger partial charge in [-0.25, -0.2) is 0 Å². The molecule has 5 nitrogen and oxygen atoms in total. The van der Waals surface area contributed by atoms with Crippen molar-refractivity contribution in [3.8, 4) is 5.75 Å². The van der Waals surface area contributed by atoms with E-state index in [9.17, 15) is 5.11 Å². The largest absolute Gasteiger partial charge is 0.491 e. The zero-order valence-corrected chi connectivity index (χ0v) is 14.7. The lowest BCUT2D eigenvalue weighted by atomic mass is 10.1. The van der Waals surface area contributed by atoms with Crippen molar-refractivity contribution in [1.29, 1.82) is 0 Å². The third kappa shape index (κ3) is 8.77. The monoisotopic (exact) mass is 405 g/mol. The van der Waals surface area contributed by atoms with Gasteiger partial charge in [0.25, 0.3) is 0 Å². The highest BCUT2D eigenvalue weighted by molar-refractivity contribution is 14.1. The number of nitrogens with zero attached hydrogens (tertiary/aromatic N) is 1. The summed E-state index contributed by atoms with van der Waals surface area (Å²) in [5.74, 6) is 1.73. The highest BCUT2D eigenvalue weighted by Gasteiger charge is 2.05. The molecule has 0 amide bonds. The number of hydrogen-bond acceptors (Lipinski definition) is 3. The van der Waals surface area contributed by atoms with E-state index < -0.39 is 6.10 Å². The zero-order valence-electron chi connectivity index (χ0n) is 12.6. The maximum Gasteiger partial charge on any atom is 0.188 e. The lowest BCUT2D eigenvalue weighted by Gasteiger charge is -2.11. The maximum absolute atomic E-state index is 9.81. The number of halogens is 1. The highest BCUT2D eigenvalue weighted by Crippen LogP contribution is 2.13. The van der Waals surface area contributed by atoms with Gasteiger partial charge in [-0.2, -0.15) is 0 Å². The van der Waals surface area contributed by atoms with Crippen LogP contribution in [0.2, 0.25) is 0 Å². The van der Waals surface area contributed by atoms with Crippen LogP contribution in [0.4, 0.5) is 0 Å². The lowest BCUT2D eigenvalue weighted by molar-refractivity contribution is 0.114. The molecule has 118 valence electrons. The lowest BCUT2D eigenvalue weighted by Crippen LogP contribution is -2.34. The fourth-order valence-electron chi connectivity index (χ4n) is 1.52. The molecule has 0 fully saturated rings. The molecular formula is C15H24IN3O2. The van der Waals surface area contributed by atoms with Gasteiger partial charge < -0.3 is 20.9 Å². The standard InChI is InChI=1S/C15H24IN3O2/c1-11(2)7-8-18-15(17)19-9-13(20)10-21-14-5-3-12(16)4-6-14/h3-6,11,13,20H,7-10H2,1-2H3,(H3,17,18,19). The summed E-state index contributed by atoms with van der Waals surface area (Å²) in [5.41, 5.74) is 5.72. The third-order valence-electron chi connectivity index (χ3n) is 2.76. The van der Waals surface area contributed by atoms with Crippen LogP contribution >= 0.6 is 22.6 Å². The van der Waals surface area contributed by atoms with Crippen molar-refractivity contribution < 1.29 is 9.84 Å². The van der Waals surface area contributed by atoms with Crippen LogP contribution in [-0.2, 0) is 0 Å². The average molecular weight is 405 g/mol. The Labute approximate surface area is 140 Å². The van der Waals surface area contributed by atoms with E-state index in [0.717, 1.165) is 22.3 Å². The molecule has 1 atom stereocenters. The van der Waals surface area contributed by atoms with Gasteiger partial charge >= 0.3 is 0 Å². The van der Waals surface area contributed by atoms with Gasteiger partial charge in [-0.3, -0.25) is 4.99 Å². The highest BCUT2D eigenvalue weighted by atomic mass is 127. The van der Waals surface area contributed by atoms with E-state index in [1.165, 1.54) is 0 Å². The van der Waals surface area contributed by atoms with Gasteiger partial charge in [-0.15, -0.1) is 0 Å². The predicted molar refractivity (Wildman–Crippen MR) is 94.6 cm³/mol. The van der Waals surface area contributed by atoms with E-state index in [2.05, 4.69) is 46.7 Å². The SMILES string of the molecule is CC(C)CCNC(N)=NCC(O)COc1ccc(I)cc1. The quantitative estimate of drug-likeness (QED) is 0.351. The molecule has 0 spiro atoms. The Morgan fingerprint density at radius 1 is 1.38 bits per heavy atom. The number of aliphatic hydroxyl groups excluding tert-OH is 1.